The topological polar surface area (TPSA) is 126 Å². The number of ether oxygens (including phenoxy) is 2. The number of methoxy groups -OCH3 is 1. The lowest BCUT2D eigenvalue weighted by Crippen LogP contribution is -2.52. The number of benzene rings is 1. The largest absolute Gasteiger partial charge is 0.493 e. The van der Waals surface area contributed by atoms with Gasteiger partial charge in [0, 0.05) is 26.6 Å². The molecule has 37 heavy (non-hydrogen) atoms. The van der Waals surface area contributed by atoms with E-state index in [-0.39, 0.29) is 42.5 Å². The Balaban J connectivity index is 1.85. The van der Waals surface area contributed by atoms with E-state index in [2.05, 4.69) is 16.0 Å². The Morgan fingerprint density at radius 3 is 2.68 bits per heavy atom. The minimum Gasteiger partial charge on any atom is -0.493 e. The summed E-state index contributed by atoms with van der Waals surface area (Å²) in [5.41, 5.74) is 0.313. The molecule has 1 saturated heterocycles. The van der Waals surface area contributed by atoms with Crippen molar-refractivity contribution >= 4 is 23.6 Å². The number of likely N-dealkylation sites (tertiary alicyclic amines) is 1. The maximum Gasteiger partial charge on any atom is 0.255 e. The van der Waals surface area contributed by atoms with E-state index < -0.39 is 18.0 Å². The van der Waals surface area contributed by atoms with Crippen LogP contribution in [-0.4, -0.2) is 80.1 Å². The summed E-state index contributed by atoms with van der Waals surface area (Å²) >= 11 is 0. The Morgan fingerprint density at radius 1 is 1.14 bits per heavy atom. The Kier molecular flexibility index (Phi) is 10.7. The molecule has 204 valence electrons. The van der Waals surface area contributed by atoms with E-state index in [4.69, 9.17) is 9.47 Å². The van der Waals surface area contributed by atoms with Crippen molar-refractivity contribution in [2.75, 3.05) is 33.4 Å². The molecule has 1 fully saturated rings. The summed E-state index contributed by atoms with van der Waals surface area (Å²) in [7, 11) is 1.60. The van der Waals surface area contributed by atoms with Crippen LogP contribution in [0.15, 0.2) is 24.3 Å². The van der Waals surface area contributed by atoms with Gasteiger partial charge in [-0.25, -0.2) is 0 Å². The molecule has 2 heterocycles. The van der Waals surface area contributed by atoms with Crippen LogP contribution >= 0.6 is 0 Å². The van der Waals surface area contributed by atoms with Gasteiger partial charge in [-0.2, -0.15) is 0 Å². The molecule has 2 aliphatic heterocycles. The summed E-state index contributed by atoms with van der Waals surface area (Å²) in [5.74, 6) is -0.651. The summed E-state index contributed by atoms with van der Waals surface area (Å²) in [6, 6.07) is 5.20. The van der Waals surface area contributed by atoms with Crippen molar-refractivity contribution < 1.29 is 28.7 Å². The van der Waals surface area contributed by atoms with Crippen molar-refractivity contribution in [3.05, 3.63) is 29.8 Å². The van der Waals surface area contributed by atoms with E-state index in [1.54, 1.807) is 36.3 Å². The fourth-order valence-corrected chi connectivity index (χ4v) is 4.80. The Morgan fingerprint density at radius 2 is 1.92 bits per heavy atom. The maximum absolute atomic E-state index is 13.6. The number of carbonyl (C=O) groups excluding carboxylic acids is 4. The zero-order valence-corrected chi connectivity index (χ0v) is 22.1. The number of rotatable bonds is 5. The van der Waals surface area contributed by atoms with Crippen LogP contribution in [-0.2, 0) is 19.1 Å². The molecule has 1 unspecified atom stereocenters. The molecule has 0 aromatic heterocycles. The van der Waals surface area contributed by atoms with Crippen LogP contribution < -0.4 is 20.7 Å². The predicted molar refractivity (Wildman–Crippen MR) is 138 cm³/mol. The van der Waals surface area contributed by atoms with Crippen molar-refractivity contribution in [2.45, 2.75) is 70.5 Å². The molecule has 3 atom stereocenters. The van der Waals surface area contributed by atoms with Gasteiger partial charge < -0.3 is 30.3 Å². The van der Waals surface area contributed by atoms with Crippen LogP contribution in [0.25, 0.3) is 0 Å². The molecule has 1 aromatic rings. The van der Waals surface area contributed by atoms with Crippen LogP contribution in [0.4, 0.5) is 0 Å². The zero-order chi connectivity index (χ0) is 26.8. The average Bonchev–Trinajstić information content (AvgIpc) is 3.33. The monoisotopic (exact) mass is 516 g/mol. The molecular formula is C27H40N4O6. The minimum absolute atomic E-state index is 0.0144. The summed E-state index contributed by atoms with van der Waals surface area (Å²) < 4.78 is 11.1. The molecule has 3 N–H and O–H groups in total. The molecule has 0 bridgehead atoms. The fourth-order valence-electron chi connectivity index (χ4n) is 4.80. The molecular weight excluding hydrogens is 476 g/mol. The highest BCUT2D eigenvalue weighted by Gasteiger charge is 2.35. The fraction of sp³-hybridized carbons (Fsp3) is 0.630. The number of para-hydroxylation sites is 1. The van der Waals surface area contributed by atoms with Crippen molar-refractivity contribution in [2.24, 2.45) is 5.92 Å². The van der Waals surface area contributed by atoms with Crippen LogP contribution in [0.5, 0.6) is 5.75 Å². The molecule has 10 nitrogen and oxygen atoms in total. The van der Waals surface area contributed by atoms with Gasteiger partial charge in [-0.3, -0.25) is 19.2 Å². The van der Waals surface area contributed by atoms with Crippen LogP contribution in [0, 0.1) is 5.92 Å². The van der Waals surface area contributed by atoms with Crippen molar-refractivity contribution in [3.63, 3.8) is 0 Å². The van der Waals surface area contributed by atoms with Crippen molar-refractivity contribution in [1.29, 1.82) is 0 Å². The van der Waals surface area contributed by atoms with Crippen LogP contribution in [0.2, 0.25) is 0 Å². The molecule has 10 heteroatoms. The molecule has 0 saturated carbocycles. The van der Waals surface area contributed by atoms with Crippen molar-refractivity contribution in [1.82, 2.24) is 20.9 Å². The first-order valence-corrected chi connectivity index (χ1v) is 13.2. The third-order valence-corrected chi connectivity index (χ3v) is 6.65. The number of hydrogen-bond donors (Lipinski definition) is 3. The third-order valence-electron chi connectivity index (χ3n) is 6.65. The minimum atomic E-state index is -0.908. The number of amides is 4. The summed E-state index contributed by atoms with van der Waals surface area (Å²) in [4.78, 5) is 54.3. The van der Waals surface area contributed by atoms with E-state index in [1.807, 2.05) is 13.8 Å². The van der Waals surface area contributed by atoms with E-state index in [9.17, 15) is 19.2 Å². The second kappa shape index (κ2) is 14.0. The lowest BCUT2D eigenvalue weighted by molar-refractivity contribution is -0.135. The van der Waals surface area contributed by atoms with Crippen molar-refractivity contribution in [3.8, 4) is 5.75 Å². The summed E-state index contributed by atoms with van der Waals surface area (Å²) in [6.45, 7) is 5.63. The smallest absolute Gasteiger partial charge is 0.255 e. The molecule has 3 rings (SSSR count). The number of fused-ring (bicyclic) bond motifs is 1. The van der Waals surface area contributed by atoms with Gasteiger partial charge in [-0.1, -0.05) is 26.0 Å². The summed E-state index contributed by atoms with van der Waals surface area (Å²) in [6.07, 6.45) is 2.78. The average molecular weight is 517 g/mol. The van der Waals surface area contributed by atoms with Gasteiger partial charge in [0.1, 0.15) is 17.8 Å². The summed E-state index contributed by atoms with van der Waals surface area (Å²) in [5, 5.41) is 8.55. The Hall–Kier alpha value is -3.14. The van der Waals surface area contributed by atoms with E-state index in [0.29, 0.717) is 50.5 Å². The molecule has 1 aromatic carbocycles. The van der Waals surface area contributed by atoms with Gasteiger partial charge in [0.15, 0.2) is 0 Å². The SMILES string of the molecule is COC[C@@H]1CCCN1C(=O)[C@@H]1CCC(=O)NC(CC(C)C)C(=O)NCCCOc2ccccc2C(=O)N1. The second-order valence-electron chi connectivity index (χ2n) is 10.1. The zero-order valence-electron chi connectivity index (χ0n) is 22.1. The highest BCUT2D eigenvalue weighted by Crippen LogP contribution is 2.22. The highest BCUT2D eigenvalue weighted by molar-refractivity contribution is 6.00. The first-order chi connectivity index (χ1) is 17.8. The molecule has 4 amide bonds. The maximum atomic E-state index is 13.6. The van der Waals surface area contributed by atoms with Crippen LogP contribution in [0.1, 0.15) is 62.7 Å². The van der Waals surface area contributed by atoms with E-state index >= 15 is 0 Å². The quantitative estimate of drug-likeness (QED) is 0.546. The normalized spacial score (nSPS) is 24.1. The molecule has 2 aliphatic rings. The van der Waals surface area contributed by atoms with Gasteiger partial charge in [-0.05, 0) is 50.2 Å². The molecule has 0 spiro atoms. The Labute approximate surface area is 218 Å². The number of carbonyl (C=O) groups is 4. The Bertz CT molecular complexity index is 953. The predicted octanol–water partition coefficient (Wildman–Crippen LogP) is 1.63. The van der Waals surface area contributed by atoms with Crippen LogP contribution in [0.3, 0.4) is 0 Å². The van der Waals surface area contributed by atoms with Gasteiger partial charge in [0.05, 0.1) is 24.8 Å². The van der Waals surface area contributed by atoms with E-state index in [0.717, 1.165) is 12.8 Å². The number of nitrogens with one attached hydrogen (secondary N) is 3. The second-order valence-corrected chi connectivity index (χ2v) is 10.1. The first kappa shape index (κ1) is 28.4. The standard InChI is InChI=1S/C27H40N4O6/c1-18(2)16-22-26(34)28-13-7-15-37-23-10-5-4-9-20(23)25(33)30-21(11-12-24(32)29-22)27(35)31-14-6-8-19(31)17-36-3/h4-5,9-10,18-19,21-22H,6-8,11-17H2,1-3H3,(H,28,34)(H,29,32)(H,30,33)/t19-,21-,22?/m0/s1. The van der Waals surface area contributed by atoms with Gasteiger partial charge in [0.2, 0.25) is 17.7 Å². The third kappa shape index (κ3) is 8.18. The highest BCUT2D eigenvalue weighted by atomic mass is 16.5. The molecule has 0 radical (unpaired) electrons. The molecule has 0 aliphatic carbocycles. The van der Waals surface area contributed by atoms with Gasteiger partial charge in [0.25, 0.3) is 5.91 Å². The lowest BCUT2D eigenvalue weighted by Gasteiger charge is -2.29. The first-order valence-electron chi connectivity index (χ1n) is 13.2. The number of hydrogen-bond acceptors (Lipinski definition) is 6. The lowest BCUT2D eigenvalue weighted by atomic mass is 10.0. The van der Waals surface area contributed by atoms with Gasteiger partial charge >= 0.3 is 0 Å². The van der Waals surface area contributed by atoms with Gasteiger partial charge in [-0.15, -0.1) is 0 Å². The number of nitrogens with zero attached hydrogens (tertiary/aromatic N) is 1. The van der Waals surface area contributed by atoms with E-state index in [1.165, 1.54) is 0 Å².